The summed E-state index contributed by atoms with van der Waals surface area (Å²) < 4.78 is 32.8. The fourth-order valence-corrected chi connectivity index (χ4v) is 3.90. The molecule has 0 spiro atoms. The number of nitrogens with one attached hydrogen (secondary N) is 1. The van der Waals surface area contributed by atoms with Gasteiger partial charge in [-0.15, -0.1) is 0 Å². The first-order valence-corrected chi connectivity index (χ1v) is 10.4. The molecule has 0 bridgehead atoms. The Morgan fingerprint density at radius 1 is 1.23 bits per heavy atom. The van der Waals surface area contributed by atoms with E-state index < -0.39 is 10.0 Å². The van der Waals surface area contributed by atoms with E-state index in [-0.39, 0.29) is 23.3 Å². The number of likely N-dealkylation sites (N-methyl/N-ethyl adjacent to an activating group) is 1. The van der Waals surface area contributed by atoms with Gasteiger partial charge in [-0.05, 0) is 43.7 Å². The first kappa shape index (κ1) is 20.7. The average molecular weight is 384 g/mol. The molecule has 1 aliphatic heterocycles. The van der Waals surface area contributed by atoms with Crippen molar-refractivity contribution in [2.24, 2.45) is 5.92 Å². The largest absolute Gasteiger partial charge is 0.483 e. The summed E-state index contributed by atoms with van der Waals surface area (Å²) >= 11 is 0. The number of nitrogens with zero attached hydrogens (tertiary/aromatic N) is 2. The summed E-state index contributed by atoms with van der Waals surface area (Å²) in [6.45, 7) is 9.15. The van der Waals surface area contributed by atoms with E-state index >= 15 is 0 Å². The smallest absolute Gasteiger partial charge is 0.260 e. The zero-order chi connectivity index (χ0) is 19.3. The van der Waals surface area contributed by atoms with E-state index in [9.17, 15) is 13.2 Å². The van der Waals surface area contributed by atoms with Gasteiger partial charge in [0.25, 0.3) is 5.91 Å². The van der Waals surface area contributed by atoms with Gasteiger partial charge in [-0.1, -0.05) is 13.8 Å². The van der Waals surface area contributed by atoms with E-state index in [0.717, 1.165) is 13.1 Å². The zero-order valence-corrected chi connectivity index (χ0v) is 16.8. The molecule has 0 radical (unpaired) electrons. The van der Waals surface area contributed by atoms with Crippen LogP contribution < -0.4 is 9.46 Å². The lowest BCUT2D eigenvalue weighted by molar-refractivity contribution is -0.134. The second-order valence-corrected chi connectivity index (χ2v) is 8.91. The van der Waals surface area contributed by atoms with Gasteiger partial charge in [-0.25, -0.2) is 13.1 Å². The minimum atomic E-state index is -3.53. The molecule has 146 valence electrons. The molecule has 0 saturated carbocycles. The van der Waals surface area contributed by atoms with Gasteiger partial charge in [0, 0.05) is 32.7 Å². The molecule has 2 rings (SSSR count). The number of rotatable bonds is 7. The number of hydrogen-bond donors (Lipinski definition) is 1. The lowest BCUT2D eigenvalue weighted by Gasteiger charge is -2.32. The maximum atomic E-state index is 12.3. The van der Waals surface area contributed by atoms with Gasteiger partial charge >= 0.3 is 0 Å². The molecule has 1 aromatic carbocycles. The number of benzene rings is 1. The number of piperazine rings is 1. The minimum absolute atomic E-state index is 0.0394. The van der Waals surface area contributed by atoms with E-state index in [1.165, 1.54) is 6.07 Å². The Labute approximate surface area is 156 Å². The molecule has 0 aromatic heterocycles. The summed E-state index contributed by atoms with van der Waals surface area (Å²) in [6.07, 6.45) is 0. The van der Waals surface area contributed by atoms with E-state index in [0.29, 0.717) is 30.9 Å². The molecule has 1 saturated heterocycles. The van der Waals surface area contributed by atoms with Crippen LogP contribution in [0.15, 0.2) is 23.1 Å². The molecule has 7 nitrogen and oxygen atoms in total. The monoisotopic (exact) mass is 383 g/mol. The second-order valence-electron chi connectivity index (χ2n) is 7.15. The standard InChI is InChI=1S/C18H29N3O4S/c1-14(2)12-19-26(23,24)16-5-6-17(15(3)11-16)25-13-18(22)21-9-7-20(4)8-10-21/h5-6,11,14,19H,7-10,12-13H2,1-4H3. The Bertz CT molecular complexity index is 726. The first-order chi connectivity index (χ1) is 12.2. The van der Waals surface area contributed by atoms with Crippen molar-refractivity contribution in [3.63, 3.8) is 0 Å². The summed E-state index contributed by atoms with van der Waals surface area (Å²) in [5.74, 6) is 0.706. The summed E-state index contributed by atoms with van der Waals surface area (Å²) in [5.41, 5.74) is 0.684. The molecule has 1 amide bonds. The normalized spacial score (nSPS) is 16.1. The van der Waals surface area contributed by atoms with Crippen LogP contribution in [0.4, 0.5) is 0 Å². The molecular formula is C18H29N3O4S. The highest BCUT2D eigenvalue weighted by Crippen LogP contribution is 2.22. The highest BCUT2D eigenvalue weighted by Gasteiger charge is 2.20. The fourth-order valence-electron chi connectivity index (χ4n) is 2.60. The summed E-state index contributed by atoms with van der Waals surface area (Å²) in [6, 6.07) is 4.68. The number of carbonyl (C=O) groups excluding carboxylic acids is 1. The van der Waals surface area contributed by atoms with Crippen molar-refractivity contribution < 1.29 is 17.9 Å². The molecule has 26 heavy (non-hydrogen) atoms. The van der Waals surface area contributed by atoms with E-state index in [1.54, 1.807) is 24.0 Å². The number of sulfonamides is 1. The molecule has 0 unspecified atom stereocenters. The predicted molar refractivity (Wildman–Crippen MR) is 101 cm³/mol. The van der Waals surface area contributed by atoms with Gasteiger partial charge < -0.3 is 14.5 Å². The van der Waals surface area contributed by atoms with Gasteiger partial charge in [0.1, 0.15) is 5.75 Å². The van der Waals surface area contributed by atoms with Crippen LogP contribution in [0.25, 0.3) is 0 Å². The summed E-state index contributed by atoms with van der Waals surface area (Å²) in [5, 5.41) is 0. The van der Waals surface area contributed by atoms with Crippen molar-refractivity contribution in [1.82, 2.24) is 14.5 Å². The quantitative estimate of drug-likeness (QED) is 0.762. The van der Waals surface area contributed by atoms with E-state index in [1.807, 2.05) is 20.9 Å². The Kier molecular flexibility index (Phi) is 7.02. The molecule has 1 aromatic rings. The van der Waals surface area contributed by atoms with E-state index in [2.05, 4.69) is 9.62 Å². The van der Waals surface area contributed by atoms with Crippen LogP contribution in [0.2, 0.25) is 0 Å². The van der Waals surface area contributed by atoms with Crippen molar-refractivity contribution in [2.45, 2.75) is 25.7 Å². The van der Waals surface area contributed by atoms with Crippen LogP contribution in [0.1, 0.15) is 19.4 Å². The highest BCUT2D eigenvalue weighted by atomic mass is 32.2. The van der Waals surface area contributed by atoms with Gasteiger partial charge in [0.2, 0.25) is 10.0 Å². The average Bonchev–Trinajstić information content (AvgIpc) is 2.59. The maximum Gasteiger partial charge on any atom is 0.260 e. The molecule has 1 fully saturated rings. The number of carbonyl (C=O) groups is 1. The topological polar surface area (TPSA) is 78.9 Å². The zero-order valence-electron chi connectivity index (χ0n) is 16.0. The fraction of sp³-hybridized carbons (Fsp3) is 0.611. The number of amides is 1. The minimum Gasteiger partial charge on any atom is -0.483 e. The number of aryl methyl sites for hydroxylation is 1. The van der Waals surface area contributed by atoms with Gasteiger partial charge in [0.15, 0.2) is 6.61 Å². The summed E-state index contributed by atoms with van der Waals surface area (Å²) in [4.78, 5) is 16.4. The number of ether oxygens (including phenoxy) is 1. The first-order valence-electron chi connectivity index (χ1n) is 8.88. The molecule has 0 aliphatic carbocycles. The van der Waals surface area contributed by atoms with Crippen molar-refractivity contribution in [3.8, 4) is 5.75 Å². The van der Waals surface area contributed by atoms with Gasteiger partial charge in [-0.2, -0.15) is 0 Å². The van der Waals surface area contributed by atoms with Crippen LogP contribution in [0.5, 0.6) is 5.75 Å². The van der Waals surface area contributed by atoms with Crippen molar-refractivity contribution in [2.75, 3.05) is 46.4 Å². The molecule has 1 aliphatic rings. The second kappa shape index (κ2) is 8.83. The van der Waals surface area contributed by atoms with Gasteiger partial charge in [0.05, 0.1) is 4.90 Å². The third kappa shape index (κ3) is 5.69. The van der Waals surface area contributed by atoms with Crippen molar-refractivity contribution >= 4 is 15.9 Å². The third-order valence-corrected chi connectivity index (χ3v) is 5.77. The van der Waals surface area contributed by atoms with Crippen molar-refractivity contribution in [1.29, 1.82) is 0 Å². The Morgan fingerprint density at radius 3 is 2.46 bits per heavy atom. The molecule has 1 N–H and O–H groups in total. The van der Waals surface area contributed by atoms with Crippen LogP contribution >= 0.6 is 0 Å². The van der Waals surface area contributed by atoms with E-state index in [4.69, 9.17) is 4.74 Å². The SMILES string of the molecule is Cc1cc(S(=O)(=O)NCC(C)C)ccc1OCC(=O)N1CCN(C)CC1. The molecule has 8 heteroatoms. The Balaban J connectivity index is 1.96. The van der Waals surface area contributed by atoms with Crippen LogP contribution in [0.3, 0.4) is 0 Å². The lowest BCUT2D eigenvalue weighted by atomic mass is 10.2. The summed E-state index contributed by atoms with van der Waals surface area (Å²) in [7, 11) is -1.50. The Morgan fingerprint density at radius 2 is 1.88 bits per heavy atom. The van der Waals surface area contributed by atoms with Crippen LogP contribution in [-0.2, 0) is 14.8 Å². The number of hydrogen-bond acceptors (Lipinski definition) is 5. The van der Waals surface area contributed by atoms with Gasteiger partial charge in [-0.3, -0.25) is 4.79 Å². The van der Waals surface area contributed by atoms with Crippen LogP contribution in [0, 0.1) is 12.8 Å². The van der Waals surface area contributed by atoms with Crippen molar-refractivity contribution in [3.05, 3.63) is 23.8 Å². The predicted octanol–water partition coefficient (Wildman–Crippen LogP) is 1.08. The molecule has 0 atom stereocenters. The highest BCUT2D eigenvalue weighted by molar-refractivity contribution is 7.89. The third-order valence-electron chi connectivity index (χ3n) is 4.35. The van der Waals surface area contributed by atoms with Crippen LogP contribution in [-0.4, -0.2) is 70.5 Å². The molecule has 1 heterocycles. The lowest BCUT2D eigenvalue weighted by Crippen LogP contribution is -2.48. The Hall–Kier alpha value is -1.64. The molecular weight excluding hydrogens is 354 g/mol. The maximum absolute atomic E-state index is 12.3.